The van der Waals surface area contributed by atoms with Crippen LogP contribution >= 0.6 is 11.6 Å². The van der Waals surface area contributed by atoms with Crippen molar-refractivity contribution >= 4 is 23.4 Å². The number of carboxylic acids is 1. The van der Waals surface area contributed by atoms with Crippen molar-refractivity contribution < 1.29 is 14.6 Å². The Kier molecular flexibility index (Phi) is 5.72. The predicted octanol–water partition coefficient (Wildman–Crippen LogP) is 2.27. The summed E-state index contributed by atoms with van der Waals surface area (Å²) in [7, 11) is 0. The Morgan fingerprint density at radius 3 is 3.00 bits per heavy atom. The summed E-state index contributed by atoms with van der Waals surface area (Å²) in [5.41, 5.74) is 0.116. The second kappa shape index (κ2) is 7.09. The van der Waals surface area contributed by atoms with Crippen molar-refractivity contribution in [1.82, 2.24) is 4.98 Å². The number of aromatic carboxylic acids is 1. The number of carboxylic acid groups (broad SMARTS) is 1. The monoisotopic (exact) mass is 258 g/mol. The van der Waals surface area contributed by atoms with E-state index in [0.717, 1.165) is 6.42 Å². The van der Waals surface area contributed by atoms with E-state index in [1.807, 2.05) is 6.92 Å². The summed E-state index contributed by atoms with van der Waals surface area (Å²) in [6, 6.07) is 2.89. The molecular formula is C11H15ClN2O3. The number of ether oxygens (including phenoxy) is 1. The Morgan fingerprint density at radius 1 is 1.59 bits per heavy atom. The minimum absolute atomic E-state index is 0.116. The van der Waals surface area contributed by atoms with E-state index >= 15 is 0 Å². The number of anilines is 1. The molecular weight excluding hydrogens is 244 g/mol. The molecule has 6 heteroatoms. The van der Waals surface area contributed by atoms with Crippen LogP contribution in [0.5, 0.6) is 0 Å². The quantitative estimate of drug-likeness (QED) is 0.580. The van der Waals surface area contributed by atoms with Gasteiger partial charge in [0.15, 0.2) is 0 Å². The van der Waals surface area contributed by atoms with Gasteiger partial charge in [-0.25, -0.2) is 9.78 Å². The average molecular weight is 259 g/mol. The van der Waals surface area contributed by atoms with Gasteiger partial charge in [-0.1, -0.05) is 11.6 Å². The summed E-state index contributed by atoms with van der Waals surface area (Å²) in [6.07, 6.45) is 0.779. The fraction of sp³-hybridized carbons (Fsp3) is 0.455. The van der Waals surface area contributed by atoms with Gasteiger partial charge in [0, 0.05) is 19.8 Å². The van der Waals surface area contributed by atoms with Crippen molar-refractivity contribution in [2.24, 2.45) is 0 Å². The van der Waals surface area contributed by atoms with E-state index in [1.165, 1.54) is 12.1 Å². The van der Waals surface area contributed by atoms with E-state index in [1.54, 1.807) is 0 Å². The number of hydrogen-bond donors (Lipinski definition) is 2. The van der Waals surface area contributed by atoms with Crippen LogP contribution in [0.4, 0.5) is 5.82 Å². The zero-order valence-corrected chi connectivity index (χ0v) is 10.3. The fourth-order valence-corrected chi connectivity index (χ4v) is 1.42. The SMILES string of the molecule is CCOCCCNc1nc(Cl)ccc1C(=O)O. The molecule has 0 saturated carbocycles. The van der Waals surface area contributed by atoms with Crippen LogP contribution < -0.4 is 5.32 Å². The standard InChI is InChI=1S/C11H15ClN2O3/c1-2-17-7-3-6-13-10-8(11(15)16)4-5-9(12)14-10/h4-5H,2-3,6-7H2,1H3,(H,13,14)(H,15,16). The summed E-state index contributed by atoms with van der Waals surface area (Å²) >= 11 is 5.72. The van der Waals surface area contributed by atoms with Gasteiger partial charge < -0.3 is 15.2 Å². The maximum Gasteiger partial charge on any atom is 0.339 e. The van der Waals surface area contributed by atoms with E-state index < -0.39 is 5.97 Å². The molecule has 0 atom stereocenters. The lowest BCUT2D eigenvalue weighted by atomic mass is 10.2. The summed E-state index contributed by atoms with van der Waals surface area (Å²) in [5, 5.41) is 12.2. The Labute approximate surface area is 105 Å². The minimum Gasteiger partial charge on any atom is -0.478 e. The number of hydrogen-bond acceptors (Lipinski definition) is 4. The number of rotatable bonds is 7. The van der Waals surface area contributed by atoms with E-state index in [0.29, 0.717) is 25.6 Å². The molecule has 1 aromatic rings. The van der Waals surface area contributed by atoms with Crippen molar-refractivity contribution in [3.63, 3.8) is 0 Å². The minimum atomic E-state index is -1.03. The molecule has 1 rings (SSSR count). The maximum absolute atomic E-state index is 10.9. The van der Waals surface area contributed by atoms with Crippen LogP contribution in [0.25, 0.3) is 0 Å². The highest BCUT2D eigenvalue weighted by atomic mass is 35.5. The molecule has 0 saturated heterocycles. The molecule has 1 aromatic heterocycles. The number of carbonyl (C=O) groups is 1. The molecule has 17 heavy (non-hydrogen) atoms. The van der Waals surface area contributed by atoms with E-state index in [4.69, 9.17) is 21.4 Å². The van der Waals surface area contributed by atoms with Crippen molar-refractivity contribution in [3.05, 3.63) is 22.8 Å². The molecule has 0 aliphatic rings. The summed E-state index contributed by atoms with van der Waals surface area (Å²) in [6.45, 7) is 3.82. The van der Waals surface area contributed by atoms with E-state index in [2.05, 4.69) is 10.3 Å². The largest absolute Gasteiger partial charge is 0.478 e. The molecule has 5 nitrogen and oxygen atoms in total. The van der Waals surface area contributed by atoms with Crippen molar-refractivity contribution in [2.45, 2.75) is 13.3 Å². The van der Waals surface area contributed by atoms with Crippen molar-refractivity contribution in [3.8, 4) is 0 Å². The normalized spacial score (nSPS) is 10.2. The lowest BCUT2D eigenvalue weighted by molar-refractivity contribution is 0.0697. The lowest BCUT2D eigenvalue weighted by Gasteiger charge is -2.08. The summed E-state index contributed by atoms with van der Waals surface area (Å²) in [5.74, 6) is -0.733. The van der Waals surface area contributed by atoms with E-state index in [9.17, 15) is 4.79 Å². The van der Waals surface area contributed by atoms with Gasteiger partial charge in [-0.15, -0.1) is 0 Å². The van der Waals surface area contributed by atoms with Crippen LogP contribution in [0.1, 0.15) is 23.7 Å². The second-order valence-electron chi connectivity index (χ2n) is 3.31. The molecule has 0 bridgehead atoms. The highest BCUT2D eigenvalue weighted by Gasteiger charge is 2.11. The third kappa shape index (κ3) is 4.58. The molecule has 0 aliphatic carbocycles. The van der Waals surface area contributed by atoms with Gasteiger partial charge in [-0.3, -0.25) is 0 Å². The summed E-state index contributed by atoms with van der Waals surface area (Å²) < 4.78 is 5.17. The summed E-state index contributed by atoms with van der Waals surface area (Å²) in [4.78, 5) is 14.9. The van der Waals surface area contributed by atoms with Crippen LogP contribution in [-0.2, 0) is 4.74 Å². The number of nitrogens with zero attached hydrogens (tertiary/aromatic N) is 1. The first-order chi connectivity index (χ1) is 8.15. The molecule has 0 radical (unpaired) electrons. The highest BCUT2D eigenvalue weighted by Crippen LogP contribution is 2.16. The smallest absolute Gasteiger partial charge is 0.339 e. The number of halogens is 1. The van der Waals surface area contributed by atoms with Crippen molar-refractivity contribution in [2.75, 3.05) is 25.1 Å². The van der Waals surface area contributed by atoms with Crippen LogP contribution in [0.2, 0.25) is 5.15 Å². The van der Waals surface area contributed by atoms with Gasteiger partial charge in [0.25, 0.3) is 0 Å². The Morgan fingerprint density at radius 2 is 2.35 bits per heavy atom. The molecule has 2 N–H and O–H groups in total. The molecule has 94 valence electrons. The predicted molar refractivity (Wildman–Crippen MR) is 65.8 cm³/mol. The third-order valence-electron chi connectivity index (χ3n) is 2.05. The van der Waals surface area contributed by atoms with Crippen LogP contribution in [0.15, 0.2) is 12.1 Å². The number of pyridine rings is 1. The van der Waals surface area contributed by atoms with Gasteiger partial charge in [-0.05, 0) is 25.5 Å². The van der Waals surface area contributed by atoms with Crippen LogP contribution in [-0.4, -0.2) is 35.8 Å². The van der Waals surface area contributed by atoms with Gasteiger partial charge in [0.2, 0.25) is 0 Å². The molecule has 0 fully saturated rings. The zero-order chi connectivity index (χ0) is 12.7. The first kappa shape index (κ1) is 13.7. The Balaban J connectivity index is 2.56. The Bertz CT molecular complexity index is 385. The first-order valence-electron chi connectivity index (χ1n) is 5.36. The maximum atomic E-state index is 10.9. The molecule has 0 aliphatic heterocycles. The van der Waals surface area contributed by atoms with Crippen molar-refractivity contribution in [1.29, 1.82) is 0 Å². The third-order valence-corrected chi connectivity index (χ3v) is 2.26. The van der Waals surface area contributed by atoms with Gasteiger partial charge in [0.1, 0.15) is 16.5 Å². The molecule has 0 amide bonds. The lowest BCUT2D eigenvalue weighted by Crippen LogP contribution is -2.11. The number of nitrogens with one attached hydrogen (secondary N) is 1. The molecule has 0 aromatic carbocycles. The highest BCUT2D eigenvalue weighted by molar-refractivity contribution is 6.29. The van der Waals surface area contributed by atoms with E-state index in [-0.39, 0.29) is 10.7 Å². The van der Waals surface area contributed by atoms with Gasteiger partial charge in [0.05, 0.1) is 0 Å². The van der Waals surface area contributed by atoms with Crippen LogP contribution in [0.3, 0.4) is 0 Å². The second-order valence-corrected chi connectivity index (χ2v) is 3.70. The number of aromatic nitrogens is 1. The van der Waals surface area contributed by atoms with Gasteiger partial charge in [-0.2, -0.15) is 0 Å². The fourth-order valence-electron chi connectivity index (χ4n) is 1.27. The first-order valence-corrected chi connectivity index (χ1v) is 5.74. The molecule has 0 unspecified atom stereocenters. The average Bonchev–Trinajstić information content (AvgIpc) is 2.28. The van der Waals surface area contributed by atoms with Gasteiger partial charge >= 0.3 is 5.97 Å². The molecule has 0 spiro atoms. The van der Waals surface area contributed by atoms with Crippen LogP contribution in [0, 0.1) is 0 Å². The molecule has 1 heterocycles. The zero-order valence-electron chi connectivity index (χ0n) is 9.57. The topological polar surface area (TPSA) is 71.5 Å². The Hall–Kier alpha value is -1.33.